The van der Waals surface area contributed by atoms with Crippen LogP contribution in [0.25, 0.3) is 0 Å². The number of rotatable bonds is 4. The zero-order valence-corrected chi connectivity index (χ0v) is 12.0. The number of nitrogens with one attached hydrogen (secondary N) is 1. The Balaban J connectivity index is 2.09. The molecule has 1 aromatic carbocycles. The van der Waals surface area contributed by atoms with E-state index in [0.717, 1.165) is 31.5 Å². The van der Waals surface area contributed by atoms with E-state index in [1.165, 1.54) is 0 Å². The summed E-state index contributed by atoms with van der Waals surface area (Å²) in [7, 11) is -1.38. The Labute approximate surface area is 114 Å². The lowest BCUT2D eigenvalue weighted by atomic mass is 10.1. The topological polar surface area (TPSA) is 75.4 Å². The van der Waals surface area contributed by atoms with Gasteiger partial charge in [0, 0.05) is 12.6 Å². The highest BCUT2D eigenvalue weighted by molar-refractivity contribution is 7.89. The van der Waals surface area contributed by atoms with Crippen LogP contribution in [0.5, 0.6) is 0 Å². The highest BCUT2D eigenvalue weighted by atomic mass is 32.2. The fourth-order valence-corrected chi connectivity index (χ4v) is 3.63. The molecule has 0 atom stereocenters. The van der Waals surface area contributed by atoms with Crippen LogP contribution in [-0.4, -0.2) is 39.5 Å². The van der Waals surface area contributed by atoms with Crippen molar-refractivity contribution in [3.63, 3.8) is 0 Å². The van der Waals surface area contributed by atoms with E-state index in [1.807, 2.05) is 6.07 Å². The van der Waals surface area contributed by atoms with Gasteiger partial charge >= 0.3 is 0 Å². The molecule has 19 heavy (non-hydrogen) atoms. The third-order valence-electron chi connectivity index (χ3n) is 3.48. The molecular formula is C13H21N3O2S. The molecule has 0 unspecified atom stereocenters. The van der Waals surface area contributed by atoms with Crippen molar-refractivity contribution in [1.82, 2.24) is 9.62 Å². The molecule has 5 nitrogen and oxygen atoms in total. The predicted octanol–water partition coefficient (Wildman–Crippen LogP) is 0.518. The molecule has 1 heterocycles. The van der Waals surface area contributed by atoms with Crippen molar-refractivity contribution < 1.29 is 8.42 Å². The minimum absolute atomic E-state index is 0.0303. The summed E-state index contributed by atoms with van der Waals surface area (Å²) in [6.07, 6.45) is 1.71. The molecule has 2 rings (SSSR count). The molecule has 0 amide bonds. The number of piperidine rings is 1. The summed E-state index contributed by atoms with van der Waals surface area (Å²) < 4.78 is 27.4. The van der Waals surface area contributed by atoms with E-state index in [9.17, 15) is 8.42 Å². The molecule has 106 valence electrons. The molecule has 1 saturated heterocycles. The lowest BCUT2D eigenvalue weighted by Gasteiger charge is -2.29. The first-order valence-corrected chi connectivity index (χ1v) is 7.99. The quantitative estimate of drug-likeness (QED) is 0.844. The Morgan fingerprint density at radius 3 is 2.68 bits per heavy atom. The van der Waals surface area contributed by atoms with E-state index < -0.39 is 10.0 Å². The molecule has 0 aromatic heterocycles. The third kappa shape index (κ3) is 3.76. The van der Waals surface area contributed by atoms with Gasteiger partial charge < -0.3 is 10.6 Å². The Morgan fingerprint density at radius 1 is 1.37 bits per heavy atom. The minimum Gasteiger partial charge on any atom is -0.326 e. The normalized spacial score (nSPS) is 18.6. The average Bonchev–Trinajstić information content (AvgIpc) is 2.41. The molecule has 1 aliphatic rings. The van der Waals surface area contributed by atoms with Gasteiger partial charge in [0.2, 0.25) is 10.0 Å². The first-order chi connectivity index (χ1) is 9.01. The Hall–Kier alpha value is -0.950. The standard InChI is InChI=1S/C13H21N3O2S/c1-16-7-5-12(6-8-16)15-19(17,18)13-4-2-3-11(9-13)10-14/h2-4,9,12,15H,5-8,10,14H2,1H3. The zero-order chi connectivity index (χ0) is 13.9. The van der Waals surface area contributed by atoms with E-state index in [4.69, 9.17) is 5.73 Å². The second-order valence-corrected chi connectivity index (χ2v) is 6.76. The first kappa shape index (κ1) is 14.5. The number of likely N-dealkylation sites (tertiary alicyclic amines) is 1. The van der Waals surface area contributed by atoms with E-state index in [2.05, 4.69) is 16.7 Å². The van der Waals surface area contributed by atoms with Crippen LogP contribution < -0.4 is 10.5 Å². The maximum atomic E-state index is 12.3. The SMILES string of the molecule is CN1CCC(NS(=O)(=O)c2cccc(CN)c2)CC1. The zero-order valence-electron chi connectivity index (χ0n) is 11.2. The van der Waals surface area contributed by atoms with Crippen molar-refractivity contribution in [3.8, 4) is 0 Å². The first-order valence-electron chi connectivity index (χ1n) is 6.51. The lowest BCUT2D eigenvalue weighted by Crippen LogP contribution is -2.43. The highest BCUT2D eigenvalue weighted by Gasteiger charge is 2.23. The second kappa shape index (κ2) is 6.00. The van der Waals surface area contributed by atoms with Gasteiger partial charge in [-0.3, -0.25) is 0 Å². The van der Waals surface area contributed by atoms with Gasteiger partial charge in [-0.2, -0.15) is 0 Å². The number of hydrogen-bond acceptors (Lipinski definition) is 4. The molecule has 0 spiro atoms. The predicted molar refractivity (Wildman–Crippen MR) is 75.2 cm³/mol. The summed E-state index contributed by atoms with van der Waals surface area (Å²) in [5.41, 5.74) is 6.37. The van der Waals surface area contributed by atoms with Crippen LogP contribution in [0, 0.1) is 0 Å². The van der Waals surface area contributed by atoms with Crippen molar-refractivity contribution in [2.24, 2.45) is 5.73 Å². The van der Waals surface area contributed by atoms with Crippen molar-refractivity contribution in [1.29, 1.82) is 0 Å². The molecule has 1 aliphatic heterocycles. The van der Waals surface area contributed by atoms with Crippen LogP contribution >= 0.6 is 0 Å². The monoisotopic (exact) mass is 283 g/mol. The maximum Gasteiger partial charge on any atom is 0.240 e. The van der Waals surface area contributed by atoms with Gasteiger partial charge in [-0.1, -0.05) is 12.1 Å². The van der Waals surface area contributed by atoms with Gasteiger partial charge in [0.15, 0.2) is 0 Å². The number of hydrogen-bond donors (Lipinski definition) is 2. The fraction of sp³-hybridized carbons (Fsp3) is 0.538. The highest BCUT2D eigenvalue weighted by Crippen LogP contribution is 2.15. The minimum atomic E-state index is -3.43. The van der Waals surface area contributed by atoms with Crippen LogP contribution in [0.4, 0.5) is 0 Å². The summed E-state index contributed by atoms with van der Waals surface area (Å²) >= 11 is 0. The molecule has 1 fully saturated rings. The van der Waals surface area contributed by atoms with Crippen molar-refractivity contribution in [2.75, 3.05) is 20.1 Å². The third-order valence-corrected chi connectivity index (χ3v) is 5.00. The number of nitrogens with zero attached hydrogens (tertiary/aromatic N) is 1. The molecule has 0 saturated carbocycles. The largest absolute Gasteiger partial charge is 0.326 e. The van der Waals surface area contributed by atoms with Crippen molar-refractivity contribution >= 4 is 10.0 Å². The Kier molecular flexibility index (Phi) is 4.57. The van der Waals surface area contributed by atoms with Crippen LogP contribution in [0.1, 0.15) is 18.4 Å². The van der Waals surface area contributed by atoms with Crippen LogP contribution in [0.15, 0.2) is 29.2 Å². The van der Waals surface area contributed by atoms with Gasteiger partial charge in [0.25, 0.3) is 0 Å². The molecule has 6 heteroatoms. The van der Waals surface area contributed by atoms with Gasteiger partial charge in [-0.05, 0) is 50.7 Å². The summed E-state index contributed by atoms with van der Waals surface area (Å²) in [5, 5.41) is 0. The summed E-state index contributed by atoms with van der Waals surface area (Å²) in [6.45, 7) is 2.20. The van der Waals surface area contributed by atoms with E-state index >= 15 is 0 Å². The summed E-state index contributed by atoms with van der Waals surface area (Å²) in [5.74, 6) is 0. The van der Waals surface area contributed by atoms with Crippen LogP contribution in [0.2, 0.25) is 0 Å². The van der Waals surface area contributed by atoms with E-state index in [-0.39, 0.29) is 6.04 Å². The van der Waals surface area contributed by atoms with Crippen molar-refractivity contribution in [2.45, 2.75) is 30.3 Å². The van der Waals surface area contributed by atoms with Crippen molar-refractivity contribution in [3.05, 3.63) is 29.8 Å². The number of nitrogens with two attached hydrogens (primary N) is 1. The number of sulfonamides is 1. The molecule has 3 N–H and O–H groups in total. The van der Waals surface area contributed by atoms with Crippen LogP contribution in [0.3, 0.4) is 0 Å². The molecular weight excluding hydrogens is 262 g/mol. The molecule has 1 aromatic rings. The summed E-state index contributed by atoms with van der Waals surface area (Å²) in [6, 6.07) is 6.83. The Bertz CT molecular complexity index is 522. The van der Waals surface area contributed by atoms with Gasteiger partial charge in [-0.15, -0.1) is 0 Å². The van der Waals surface area contributed by atoms with E-state index in [1.54, 1.807) is 18.2 Å². The van der Waals surface area contributed by atoms with Gasteiger partial charge in [-0.25, -0.2) is 13.1 Å². The van der Waals surface area contributed by atoms with Crippen LogP contribution in [-0.2, 0) is 16.6 Å². The fourth-order valence-electron chi connectivity index (χ4n) is 2.25. The van der Waals surface area contributed by atoms with E-state index in [0.29, 0.717) is 11.4 Å². The second-order valence-electron chi connectivity index (χ2n) is 5.05. The maximum absolute atomic E-state index is 12.3. The number of benzene rings is 1. The smallest absolute Gasteiger partial charge is 0.240 e. The van der Waals surface area contributed by atoms with Gasteiger partial charge in [0.05, 0.1) is 4.90 Å². The molecule has 0 aliphatic carbocycles. The molecule has 0 radical (unpaired) electrons. The average molecular weight is 283 g/mol. The molecule has 0 bridgehead atoms. The summed E-state index contributed by atoms with van der Waals surface area (Å²) in [4.78, 5) is 2.51. The lowest BCUT2D eigenvalue weighted by molar-refractivity contribution is 0.248. The Morgan fingerprint density at radius 2 is 2.05 bits per heavy atom. The van der Waals surface area contributed by atoms with Gasteiger partial charge in [0.1, 0.15) is 0 Å².